The van der Waals surface area contributed by atoms with E-state index in [2.05, 4.69) is 10.1 Å². The van der Waals surface area contributed by atoms with Gasteiger partial charge in [-0.05, 0) is 12.1 Å². The molecule has 0 atom stereocenters. The summed E-state index contributed by atoms with van der Waals surface area (Å²) in [5, 5.41) is 11.3. The summed E-state index contributed by atoms with van der Waals surface area (Å²) in [6.07, 6.45) is -7.69. The number of ether oxygens (including phenoxy) is 1. The smallest absolute Gasteiger partial charge is 0.428 e. The fourth-order valence-corrected chi connectivity index (χ4v) is 1.90. The van der Waals surface area contributed by atoms with Crippen LogP contribution >= 0.6 is 0 Å². The number of aliphatic hydroxyl groups excluding tert-OH is 1. The highest BCUT2D eigenvalue weighted by Crippen LogP contribution is 2.29. The molecular weight excluding hydrogens is 336 g/mol. The van der Waals surface area contributed by atoms with E-state index < -0.39 is 36.7 Å². The minimum Gasteiger partial charge on any atom is -0.428 e. The van der Waals surface area contributed by atoms with E-state index in [9.17, 15) is 27.2 Å². The lowest BCUT2D eigenvalue weighted by molar-refractivity contribution is -0.253. The van der Waals surface area contributed by atoms with E-state index in [0.717, 1.165) is 23.1 Å². The number of halogens is 4. The molecule has 1 aliphatic rings. The number of nitrogens with one attached hydrogen (secondary N) is 1. The van der Waals surface area contributed by atoms with Crippen LogP contribution < -0.4 is 10.1 Å². The van der Waals surface area contributed by atoms with Crippen LogP contribution in [-0.4, -0.2) is 47.5 Å². The summed E-state index contributed by atoms with van der Waals surface area (Å²) >= 11 is 0. The molecule has 1 aromatic carbocycles. The van der Waals surface area contributed by atoms with E-state index >= 15 is 0 Å². The molecule has 0 saturated heterocycles. The molecule has 0 aliphatic carbocycles. The van der Waals surface area contributed by atoms with Crippen LogP contribution in [-0.2, 0) is 9.59 Å². The van der Waals surface area contributed by atoms with Gasteiger partial charge in [0.25, 0.3) is 11.8 Å². The molecule has 1 heterocycles. The third-order valence-corrected chi connectivity index (χ3v) is 2.95. The number of amides is 2. The van der Waals surface area contributed by atoms with Gasteiger partial charge in [0.05, 0.1) is 13.2 Å². The molecule has 24 heavy (non-hydrogen) atoms. The number of imide groups is 1. The number of alkyl halides is 4. The van der Waals surface area contributed by atoms with Crippen LogP contribution in [0.15, 0.2) is 36.0 Å². The molecule has 10 heteroatoms. The Morgan fingerprint density at radius 2 is 2.00 bits per heavy atom. The van der Waals surface area contributed by atoms with Gasteiger partial charge in [0.1, 0.15) is 11.4 Å². The number of carbonyl (C=O) groups excluding carboxylic acids is 2. The zero-order valence-electron chi connectivity index (χ0n) is 12.0. The molecule has 0 unspecified atom stereocenters. The van der Waals surface area contributed by atoms with Crippen molar-refractivity contribution >= 4 is 17.5 Å². The second kappa shape index (κ2) is 6.87. The molecule has 2 rings (SSSR count). The SMILES string of the molecule is O=C1C=C(Nc2cccc(OC(F)(F)C(F)F)c2)C(=O)N1CCO. The molecule has 1 aliphatic heterocycles. The van der Waals surface area contributed by atoms with E-state index in [0.29, 0.717) is 0 Å². The number of anilines is 1. The lowest BCUT2D eigenvalue weighted by Crippen LogP contribution is -2.34. The molecule has 0 bridgehead atoms. The minimum atomic E-state index is -4.66. The molecule has 0 fully saturated rings. The first-order chi connectivity index (χ1) is 11.2. The Labute approximate surface area is 133 Å². The number of carbonyl (C=O) groups is 2. The first-order valence-corrected chi connectivity index (χ1v) is 6.65. The molecule has 2 N–H and O–H groups in total. The molecule has 0 aromatic heterocycles. The average molecular weight is 348 g/mol. The summed E-state index contributed by atoms with van der Waals surface area (Å²) in [4.78, 5) is 24.3. The summed E-state index contributed by atoms with van der Waals surface area (Å²) < 4.78 is 54.0. The van der Waals surface area contributed by atoms with Crippen LogP contribution in [0.2, 0.25) is 0 Å². The van der Waals surface area contributed by atoms with Crippen molar-refractivity contribution in [3.63, 3.8) is 0 Å². The van der Waals surface area contributed by atoms with E-state index in [1.807, 2.05) is 0 Å². The number of β-amino-alcohol motifs (C(OH)–C–C–N with tert-alkyl or cyclic N) is 1. The standard InChI is InChI=1S/C14H12F4N2O4/c15-13(16)14(17,18)24-9-3-1-2-8(6-9)19-10-7-11(22)20(4-5-21)12(10)23/h1-3,6-7,13,19,21H,4-5H2. The van der Waals surface area contributed by atoms with Gasteiger partial charge in [-0.25, -0.2) is 0 Å². The summed E-state index contributed by atoms with van der Waals surface area (Å²) in [6, 6.07) is 4.62. The van der Waals surface area contributed by atoms with Crippen molar-refractivity contribution in [1.29, 1.82) is 0 Å². The Bertz CT molecular complexity index is 678. The number of benzene rings is 1. The van der Waals surface area contributed by atoms with Crippen molar-refractivity contribution in [2.24, 2.45) is 0 Å². The monoisotopic (exact) mass is 348 g/mol. The topological polar surface area (TPSA) is 78.9 Å². The van der Waals surface area contributed by atoms with Crippen LogP contribution in [0.1, 0.15) is 0 Å². The predicted molar refractivity (Wildman–Crippen MR) is 73.5 cm³/mol. The first kappa shape index (κ1) is 17.7. The Morgan fingerprint density at radius 3 is 2.62 bits per heavy atom. The molecule has 2 amide bonds. The summed E-state index contributed by atoms with van der Waals surface area (Å²) in [6.45, 7) is -0.603. The van der Waals surface area contributed by atoms with Crippen molar-refractivity contribution in [3.05, 3.63) is 36.0 Å². The van der Waals surface area contributed by atoms with E-state index in [-0.39, 0.29) is 17.9 Å². The summed E-state index contributed by atoms with van der Waals surface area (Å²) in [5.74, 6) is -1.90. The fraction of sp³-hybridized carbons (Fsp3) is 0.286. The number of nitrogens with zero attached hydrogens (tertiary/aromatic N) is 1. The lowest BCUT2D eigenvalue weighted by Gasteiger charge is -2.17. The molecule has 0 spiro atoms. The maximum Gasteiger partial charge on any atom is 0.461 e. The van der Waals surface area contributed by atoms with Crippen molar-refractivity contribution in [1.82, 2.24) is 4.90 Å². The van der Waals surface area contributed by atoms with Gasteiger partial charge in [0.15, 0.2) is 0 Å². The number of aliphatic hydroxyl groups is 1. The Morgan fingerprint density at radius 1 is 1.29 bits per heavy atom. The largest absolute Gasteiger partial charge is 0.461 e. The highest BCUT2D eigenvalue weighted by molar-refractivity contribution is 6.17. The van der Waals surface area contributed by atoms with Gasteiger partial charge in [-0.2, -0.15) is 17.6 Å². The van der Waals surface area contributed by atoms with Gasteiger partial charge in [-0.15, -0.1) is 0 Å². The van der Waals surface area contributed by atoms with Crippen molar-refractivity contribution in [2.45, 2.75) is 12.5 Å². The first-order valence-electron chi connectivity index (χ1n) is 6.65. The molecule has 0 saturated carbocycles. The summed E-state index contributed by atoms with van der Waals surface area (Å²) in [7, 11) is 0. The minimum absolute atomic E-state index is 0.0795. The molecular formula is C14H12F4N2O4. The van der Waals surface area contributed by atoms with Crippen LogP contribution in [0, 0.1) is 0 Å². The molecule has 6 nitrogen and oxygen atoms in total. The van der Waals surface area contributed by atoms with Gasteiger partial charge in [-0.1, -0.05) is 6.07 Å². The van der Waals surface area contributed by atoms with Crippen LogP contribution in [0.5, 0.6) is 5.75 Å². The Balaban J connectivity index is 2.12. The molecule has 1 aromatic rings. The highest BCUT2D eigenvalue weighted by atomic mass is 19.3. The third kappa shape index (κ3) is 3.82. The zero-order valence-corrected chi connectivity index (χ0v) is 12.0. The highest BCUT2D eigenvalue weighted by Gasteiger charge is 2.44. The van der Waals surface area contributed by atoms with Crippen LogP contribution in [0.25, 0.3) is 0 Å². The number of hydrogen-bond donors (Lipinski definition) is 2. The van der Waals surface area contributed by atoms with Crippen molar-refractivity contribution in [3.8, 4) is 5.75 Å². The summed E-state index contributed by atoms with van der Waals surface area (Å²) in [5.41, 5.74) is -0.0676. The maximum atomic E-state index is 12.9. The quantitative estimate of drug-likeness (QED) is 0.578. The van der Waals surface area contributed by atoms with Crippen molar-refractivity contribution in [2.75, 3.05) is 18.5 Å². The van der Waals surface area contributed by atoms with Gasteiger partial charge in [0.2, 0.25) is 0 Å². The average Bonchev–Trinajstić information content (AvgIpc) is 2.75. The molecule has 130 valence electrons. The fourth-order valence-electron chi connectivity index (χ4n) is 1.90. The maximum absolute atomic E-state index is 12.9. The van der Waals surface area contributed by atoms with Crippen LogP contribution in [0.4, 0.5) is 23.2 Å². The van der Waals surface area contributed by atoms with Gasteiger partial charge in [0, 0.05) is 17.8 Å². The van der Waals surface area contributed by atoms with Crippen LogP contribution in [0.3, 0.4) is 0 Å². The predicted octanol–water partition coefficient (Wildman–Crippen LogP) is 1.58. The van der Waals surface area contributed by atoms with E-state index in [4.69, 9.17) is 5.11 Å². The van der Waals surface area contributed by atoms with Gasteiger partial charge >= 0.3 is 12.5 Å². The molecule has 0 radical (unpaired) electrons. The zero-order chi connectivity index (χ0) is 17.9. The van der Waals surface area contributed by atoms with Gasteiger partial charge in [-0.3, -0.25) is 14.5 Å². The van der Waals surface area contributed by atoms with Crippen molar-refractivity contribution < 1.29 is 37.0 Å². The normalized spacial score (nSPS) is 15.1. The Kier molecular flexibility index (Phi) is 5.07. The van der Waals surface area contributed by atoms with E-state index in [1.165, 1.54) is 12.1 Å². The second-order valence-corrected chi connectivity index (χ2v) is 4.69. The number of hydrogen-bond acceptors (Lipinski definition) is 5. The lowest BCUT2D eigenvalue weighted by atomic mass is 10.3. The van der Waals surface area contributed by atoms with E-state index in [1.54, 1.807) is 0 Å². The third-order valence-electron chi connectivity index (χ3n) is 2.95. The second-order valence-electron chi connectivity index (χ2n) is 4.69. The number of rotatable bonds is 7. The Hall–Kier alpha value is -2.62. The van der Waals surface area contributed by atoms with Gasteiger partial charge < -0.3 is 15.2 Å².